The molecule has 0 unspecified atom stereocenters. The average molecular weight is 393 g/mol. The minimum atomic E-state index is -3.89. The summed E-state index contributed by atoms with van der Waals surface area (Å²) >= 11 is 6.04. The van der Waals surface area contributed by atoms with Crippen LogP contribution in [0.2, 0.25) is 5.02 Å². The monoisotopic (exact) mass is 392 g/mol. The normalized spacial score (nSPS) is 15.0. The van der Waals surface area contributed by atoms with Crippen molar-refractivity contribution in [3.63, 3.8) is 0 Å². The van der Waals surface area contributed by atoms with Gasteiger partial charge < -0.3 is 5.32 Å². The SMILES string of the molecule is O=C(CN(c1cccc(Cl)c1)S(=O)(=O)c1ccccc1)NC1CCCC1. The summed E-state index contributed by atoms with van der Waals surface area (Å²) in [6, 6.07) is 14.7. The van der Waals surface area contributed by atoms with Gasteiger partial charge in [-0.1, -0.05) is 48.7 Å². The molecule has 138 valence electrons. The van der Waals surface area contributed by atoms with Crippen LogP contribution in [0.4, 0.5) is 5.69 Å². The zero-order chi connectivity index (χ0) is 18.6. The Hall–Kier alpha value is -2.05. The summed E-state index contributed by atoms with van der Waals surface area (Å²) in [5, 5.41) is 3.35. The standard InChI is InChI=1S/C19H21ClN2O3S/c20-15-7-6-10-17(13-15)22(14-19(23)21-16-8-4-5-9-16)26(24,25)18-11-2-1-3-12-18/h1-3,6-7,10-13,16H,4-5,8-9,14H2,(H,21,23). The number of halogens is 1. The summed E-state index contributed by atoms with van der Waals surface area (Å²) in [6.07, 6.45) is 4.05. The topological polar surface area (TPSA) is 66.5 Å². The highest BCUT2D eigenvalue weighted by Gasteiger charge is 2.28. The van der Waals surface area contributed by atoms with E-state index < -0.39 is 10.0 Å². The molecule has 1 saturated carbocycles. The fourth-order valence-corrected chi connectivity index (χ4v) is 4.76. The Kier molecular flexibility index (Phi) is 5.84. The van der Waals surface area contributed by atoms with Crippen LogP contribution in [0.3, 0.4) is 0 Å². The second-order valence-corrected chi connectivity index (χ2v) is 8.65. The van der Waals surface area contributed by atoms with Gasteiger partial charge in [-0.05, 0) is 43.2 Å². The van der Waals surface area contributed by atoms with Crippen LogP contribution < -0.4 is 9.62 Å². The quantitative estimate of drug-likeness (QED) is 0.816. The lowest BCUT2D eigenvalue weighted by atomic mass is 10.2. The van der Waals surface area contributed by atoms with Crippen molar-refractivity contribution in [1.82, 2.24) is 5.32 Å². The molecule has 5 nitrogen and oxygen atoms in total. The van der Waals surface area contributed by atoms with Crippen LogP contribution in [-0.2, 0) is 14.8 Å². The lowest BCUT2D eigenvalue weighted by Crippen LogP contribution is -2.43. The van der Waals surface area contributed by atoms with Gasteiger partial charge in [0.05, 0.1) is 10.6 Å². The van der Waals surface area contributed by atoms with Gasteiger partial charge in [0, 0.05) is 11.1 Å². The van der Waals surface area contributed by atoms with Crippen molar-refractivity contribution in [3.05, 3.63) is 59.6 Å². The molecule has 1 aliphatic carbocycles. The number of hydrogen-bond acceptors (Lipinski definition) is 3. The first-order valence-corrected chi connectivity index (χ1v) is 10.4. The van der Waals surface area contributed by atoms with E-state index in [1.165, 1.54) is 12.1 Å². The van der Waals surface area contributed by atoms with Crippen LogP contribution in [0.25, 0.3) is 0 Å². The maximum absolute atomic E-state index is 13.1. The minimum absolute atomic E-state index is 0.128. The van der Waals surface area contributed by atoms with Crippen LogP contribution in [0.1, 0.15) is 25.7 Å². The van der Waals surface area contributed by atoms with E-state index in [2.05, 4.69) is 5.32 Å². The van der Waals surface area contributed by atoms with Gasteiger partial charge in [0.1, 0.15) is 6.54 Å². The molecule has 0 atom stereocenters. The summed E-state index contributed by atoms with van der Waals surface area (Å²) in [5.74, 6) is -0.309. The number of hydrogen-bond donors (Lipinski definition) is 1. The zero-order valence-corrected chi connectivity index (χ0v) is 15.8. The molecule has 2 aromatic carbocycles. The molecule has 3 rings (SSSR count). The molecule has 0 radical (unpaired) electrons. The van der Waals surface area contributed by atoms with Gasteiger partial charge in [-0.2, -0.15) is 0 Å². The van der Waals surface area contributed by atoms with Gasteiger partial charge >= 0.3 is 0 Å². The van der Waals surface area contributed by atoms with Crippen molar-refractivity contribution in [2.45, 2.75) is 36.6 Å². The fraction of sp³-hybridized carbons (Fsp3) is 0.316. The summed E-state index contributed by atoms with van der Waals surface area (Å²) in [6.45, 7) is -0.284. The minimum Gasteiger partial charge on any atom is -0.352 e. The molecule has 0 heterocycles. The van der Waals surface area contributed by atoms with E-state index in [-0.39, 0.29) is 23.4 Å². The highest BCUT2D eigenvalue weighted by atomic mass is 35.5. The van der Waals surface area contributed by atoms with Crippen molar-refractivity contribution in [2.24, 2.45) is 0 Å². The third-order valence-electron chi connectivity index (χ3n) is 4.43. The molecule has 26 heavy (non-hydrogen) atoms. The van der Waals surface area contributed by atoms with E-state index in [1.54, 1.807) is 42.5 Å². The lowest BCUT2D eigenvalue weighted by Gasteiger charge is -2.25. The Morgan fingerprint density at radius 1 is 1.08 bits per heavy atom. The van der Waals surface area contributed by atoms with Crippen LogP contribution in [-0.4, -0.2) is 26.9 Å². The van der Waals surface area contributed by atoms with Crippen LogP contribution in [0.15, 0.2) is 59.5 Å². The number of benzene rings is 2. The van der Waals surface area contributed by atoms with E-state index in [0.717, 1.165) is 30.0 Å². The van der Waals surface area contributed by atoms with E-state index in [1.807, 2.05) is 0 Å². The smallest absolute Gasteiger partial charge is 0.264 e. The molecule has 0 aliphatic heterocycles. The Bertz CT molecular complexity index is 865. The summed E-state index contributed by atoms with van der Waals surface area (Å²) in [5.41, 5.74) is 0.364. The third-order valence-corrected chi connectivity index (χ3v) is 6.46. The molecule has 1 amide bonds. The average Bonchev–Trinajstić information content (AvgIpc) is 3.13. The zero-order valence-electron chi connectivity index (χ0n) is 14.3. The van der Waals surface area contributed by atoms with Crippen molar-refractivity contribution in [3.8, 4) is 0 Å². The van der Waals surface area contributed by atoms with E-state index >= 15 is 0 Å². The number of carbonyl (C=O) groups is 1. The Labute approximate surface area is 159 Å². The number of rotatable bonds is 6. The van der Waals surface area contributed by atoms with Crippen LogP contribution in [0, 0.1) is 0 Å². The van der Waals surface area contributed by atoms with Gasteiger partial charge in [0.15, 0.2) is 0 Å². The molecule has 1 N–H and O–H groups in total. The molecule has 0 saturated heterocycles. The molecule has 0 bridgehead atoms. The number of sulfonamides is 1. The number of nitrogens with zero attached hydrogens (tertiary/aromatic N) is 1. The van der Waals surface area contributed by atoms with E-state index in [4.69, 9.17) is 11.6 Å². The van der Waals surface area contributed by atoms with E-state index in [9.17, 15) is 13.2 Å². The van der Waals surface area contributed by atoms with Crippen LogP contribution in [0.5, 0.6) is 0 Å². The largest absolute Gasteiger partial charge is 0.352 e. The van der Waals surface area contributed by atoms with E-state index in [0.29, 0.717) is 10.7 Å². The number of carbonyl (C=O) groups excluding carboxylic acids is 1. The third kappa shape index (κ3) is 4.37. The second-order valence-electron chi connectivity index (χ2n) is 6.35. The van der Waals surface area contributed by atoms with Gasteiger partial charge in [0.2, 0.25) is 5.91 Å². The molecule has 1 aliphatic rings. The predicted molar refractivity (Wildman–Crippen MR) is 103 cm³/mol. The van der Waals surface area contributed by atoms with Crippen molar-refractivity contribution in [2.75, 3.05) is 10.8 Å². The summed E-state index contributed by atoms with van der Waals surface area (Å²) < 4.78 is 27.3. The number of nitrogens with one attached hydrogen (secondary N) is 1. The van der Waals surface area contributed by atoms with Gasteiger partial charge in [0.25, 0.3) is 10.0 Å². The van der Waals surface area contributed by atoms with Crippen molar-refractivity contribution >= 4 is 33.2 Å². The Balaban J connectivity index is 1.90. The van der Waals surface area contributed by atoms with Gasteiger partial charge in [-0.15, -0.1) is 0 Å². The molecule has 1 fully saturated rings. The van der Waals surface area contributed by atoms with Crippen LogP contribution >= 0.6 is 11.6 Å². The molecule has 7 heteroatoms. The second kappa shape index (κ2) is 8.10. The van der Waals surface area contributed by atoms with Crippen molar-refractivity contribution in [1.29, 1.82) is 0 Å². The Morgan fingerprint density at radius 3 is 2.42 bits per heavy atom. The molecule has 2 aromatic rings. The maximum Gasteiger partial charge on any atom is 0.264 e. The lowest BCUT2D eigenvalue weighted by molar-refractivity contribution is -0.120. The van der Waals surface area contributed by atoms with Gasteiger partial charge in [-0.25, -0.2) is 8.42 Å². The van der Waals surface area contributed by atoms with Gasteiger partial charge in [-0.3, -0.25) is 9.10 Å². The molecule has 0 spiro atoms. The maximum atomic E-state index is 13.1. The summed E-state index contributed by atoms with van der Waals surface area (Å²) in [7, 11) is -3.89. The predicted octanol–water partition coefficient (Wildman–Crippen LogP) is 3.59. The van der Waals surface area contributed by atoms with Crippen molar-refractivity contribution < 1.29 is 13.2 Å². The number of anilines is 1. The first-order valence-electron chi connectivity index (χ1n) is 8.59. The number of amides is 1. The fourth-order valence-electron chi connectivity index (χ4n) is 3.14. The first kappa shape index (κ1) is 18.7. The summed E-state index contributed by atoms with van der Waals surface area (Å²) in [4.78, 5) is 12.6. The highest BCUT2D eigenvalue weighted by Crippen LogP contribution is 2.26. The Morgan fingerprint density at radius 2 is 1.77 bits per heavy atom. The first-order chi connectivity index (χ1) is 12.5. The molecular formula is C19H21ClN2O3S. The highest BCUT2D eigenvalue weighted by molar-refractivity contribution is 7.92. The molecular weight excluding hydrogens is 372 g/mol. The molecule has 0 aromatic heterocycles.